The van der Waals surface area contributed by atoms with Gasteiger partial charge in [0, 0.05) is 16.9 Å². The number of amides is 1. The SMILES string of the molecule is Cc1nn(C(F)F)c(C)c1CC(=O)Nc1cccc(C(C)C(=O)O)c1. The van der Waals surface area contributed by atoms with Crippen molar-refractivity contribution in [1.82, 2.24) is 9.78 Å². The highest BCUT2D eigenvalue weighted by molar-refractivity contribution is 5.92. The number of carboxylic acid groups (broad SMARTS) is 1. The average Bonchev–Trinajstić information content (AvgIpc) is 2.82. The van der Waals surface area contributed by atoms with Crippen LogP contribution in [0.2, 0.25) is 0 Å². The van der Waals surface area contributed by atoms with E-state index in [9.17, 15) is 18.4 Å². The second kappa shape index (κ2) is 7.42. The van der Waals surface area contributed by atoms with E-state index in [1.165, 1.54) is 6.92 Å². The third-order valence-corrected chi connectivity index (χ3v) is 4.04. The number of aromatic nitrogens is 2. The topological polar surface area (TPSA) is 84.2 Å². The maximum atomic E-state index is 12.8. The van der Waals surface area contributed by atoms with E-state index >= 15 is 0 Å². The van der Waals surface area contributed by atoms with E-state index in [1.807, 2.05) is 0 Å². The summed E-state index contributed by atoms with van der Waals surface area (Å²) in [7, 11) is 0. The molecule has 8 heteroatoms. The molecule has 2 N–H and O–H groups in total. The van der Waals surface area contributed by atoms with Crippen molar-refractivity contribution in [1.29, 1.82) is 0 Å². The summed E-state index contributed by atoms with van der Waals surface area (Å²) >= 11 is 0. The molecule has 1 atom stereocenters. The average molecular weight is 351 g/mol. The number of carbonyl (C=O) groups is 2. The normalized spacial score (nSPS) is 12.2. The Morgan fingerprint density at radius 3 is 2.56 bits per heavy atom. The summed E-state index contributed by atoms with van der Waals surface area (Å²) in [6.07, 6.45) is -0.0941. The molecule has 0 saturated heterocycles. The number of nitrogens with zero attached hydrogens (tertiary/aromatic N) is 2. The minimum atomic E-state index is -2.76. The van der Waals surface area contributed by atoms with Crippen LogP contribution in [0.15, 0.2) is 24.3 Å². The van der Waals surface area contributed by atoms with Gasteiger partial charge in [-0.1, -0.05) is 12.1 Å². The van der Waals surface area contributed by atoms with Gasteiger partial charge in [0.05, 0.1) is 18.0 Å². The van der Waals surface area contributed by atoms with Gasteiger partial charge in [-0.15, -0.1) is 0 Å². The Bertz CT molecular complexity index is 802. The van der Waals surface area contributed by atoms with E-state index in [4.69, 9.17) is 5.11 Å². The lowest BCUT2D eigenvalue weighted by Crippen LogP contribution is -2.16. The fourth-order valence-corrected chi connectivity index (χ4v) is 2.54. The molecule has 0 fully saturated rings. The predicted molar refractivity (Wildman–Crippen MR) is 87.8 cm³/mol. The van der Waals surface area contributed by atoms with E-state index < -0.39 is 18.4 Å². The van der Waals surface area contributed by atoms with E-state index in [0.717, 1.165) is 0 Å². The lowest BCUT2D eigenvalue weighted by Gasteiger charge is -2.10. The van der Waals surface area contributed by atoms with Crippen LogP contribution in [0, 0.1) is 13.8 Å². The Hall–Kier alpha value is -2.77. The smallest absolute Gasteiger partial charge is 0.333 e. The molecular formula is C17H19F2N3O3. The van der Waals surface area contributed by atoms with E-state index in [1.54, 1.807) is 38.1 Å². The summed E-state index contributed by atoms with van der Waals surface area (Å²) in [6, 6.07) is 6.53. The van der Waals surface area contributed by atoms with Crippen molar-refractivity contribution in [2.45, 2.75) is 39.7 Å². The molecule has 0 spiro atoms. The summed E-state index contributed by atoms with van der Waals surface area (Å²) in [4.78, 5) is 23.3. The first-order valence-corrected chi connectivity index (χ1v) is 7.66. The van der Waals surface area contributed by atoms with Gasteiger partial charge in [-0.25, -0.2) is 4.68 Å². The third kappa shape index (κ3) is 4.20. The van der Waals surface area contributed by atoms with Crippen molar-refractivity contribution in [3.63, 3.8) is 0 Å². The van der Waals surface area contributed by atoms with Gasteiger partial charge < -0.3 is 10.4 Å². The van der Waals surface area contributed by atoms with Crippen LogP contribution in [-0.2, 0) is 16.0 Å². The number of rotatable bonds is 6. The number of hydrogen-bond donors (Lipinski definition) is 2. The summed E-state index contributed by atoms with van der Waals surface area (Å²) in [5.41, 5.74) is 2.08. The van der Waals surface area contributed by atoms with Crippen molar-refractivity contribution in [2.75, 3.05) is 5.32 Å². The fraction of sp³-hybridized carbons (Fsp3) is 0.353. The number of alkyl halides is 2. The van der Waals surface area contributed by atoms with Gasteiger partial charge in [0.2, 0.25) is 5.91 Å². The Labute approximate surface area is 143 Å². The molecule has 0 aliphatic carbocycles. The van der Waals surface area contributed by atoms with E-state index in [2.05, 4.69) is 10.4 Å². The Kier molecular flexibility index (Phi) is 5.51. The summed E-state index contributed by atoms with van der Waals surface area (Å²) in [5, 5.41) is 15.5. The van der Waals surface area contributed by atoms with Crippen molar-refractivity contribution in [3.8, 4) is 0 Å². The number of carbonyl (C=O) groups excluding carboxylic acids is 1. The summed E-state index contributed by atoms with van der Waals surface area (Å²) in [5.74, 6) is -2.06. The first-order valence-electron chi connectivity index (χ1n) is 7.66. The van der Waals surface area contributed by atoms with Gasteiger partial charge in [-0.05, 0) is 38.5 Å². The minimum absolute atomic E-state index is 0.0941. The molecule has 2 rings (SSSR count). The van der Waals surface area contributed by atoms with Gasteiger partial charge in [-0.2, -0.15) is 13.9 Å². The molecule has 1 unspecified atom stereocenters. The van der Waals surface area contributed by atoms with Crippen LogP contribution in [-0.4, -0.2) is 26.8 Å². The van der Waals surface area contributed by atoms with Crippen LogP contribution in [0.4, 0.5) is 14.5 Å². The van der Waals surface area contributed by atoms with Crippen LogP contribution < -0.4 is 5.32 Å². The predicted octanol–water partition coefficient (Wildman–Crippen LogP) is 3.26. The highest BCUT2D eigenvalue weighted by Gasteiger charge is 2.19. The molecule has 1 aromatic carbocycles. The number of carboxylic acids is 1. The number of aliphatic carboxylic acids is 1. The van der Waals surface area contributed by atoms with Crippen molar-refractivity contribution >= 4 is 17.6 Å². The number of hydrogen-bond acceptors (Lipinski definition) is 3. The molecule has 6 nitrogen and oxygen atoms in total. The second-order valence-electron chi connectivity index (χ2n) is 5.78. The molecule has 0 saturated carbocycles. The van der Waals surface area contributed by atoms with Gasteiger partial charge in [-0.3, -0.25) is 9.59 Å². The number of aryl methyl sites for hydroxylation is 1. The monoisotopic (exact) mass is 351 g/mol. The van der Waals surface area contributed by atoms with Crippen molar-refractivity contribution in [3.05, 3.63) is 46.8 Å². The molecule has 1 aromatic heterocycles. The molecule has 0 aliphatic heterocycles. The molecular weight excluding hydrogens is 332 g/mol. The number of benzene rings is 1. The number of halogens is 2. The lowest BCUT2D eigenvalue weighted by molar-refractivity contribution is -0.138. The van der Waals surface area contributed by atoms with Crippen LogP contribution in [0.3, 0.4) is 0 Å². The molecule has 0 radical (unpaired) electrons. The maximum absolute atomic E-state index is 12.8. The summed E-state index contributed by atoms with van der Waals surface area (Å²) in [6.45, 7) is 1.85. The highest BCUT2D eigenvalue weighted by Crippen LogP contribution is 2.22. The molecule has 25 heavy (non-hydrogen) atoms. The second-order valence-corrected chi connectivity index (χ2v) is 5.78. The largest absolute Gasteiger partial charge is 0.481 e. The zero-order valence-electron chi connectivity index (χ0n) is 14.1. The van der Waals surface area contributed by atoms with E-state index in [0.29, 0.717) is 27.2 Å². The highest BCUT2D eigenvalue weighted by atomic mass is 19.3. The Morgan fingerprint density at radius 2 is 2.00 bits per heavy atom. The fourth-order valence-electron chi connectivity index (χ4n) is 2.54. The maximum Gasteiger partial charge on any atom is 0.333 e. The molecule has 1 amide bonds. The quantitative estimate of drug-likeness (QED) is 0.837. The lowest BCUT2D eigenvalue weighted by atomic mass is 10.0. The van der Waals surface area contributed by atoms with Gasteiger partial charge in [0.15, 0.2) is 0 Å². The van der Waals surface area contributed by atoms with Crippen LogP contribution in [0.1, 0.15) is 41.9 Å². The standard InChI is InChI=1S/C17H19F2N3O3/c1-9(16(24)25)12-5-4-6-13(7-12)20-15(23)8-14-10(2)21-22(11(14)3)17(18)19/h4-7,9,17H,8H2,1-3H3,(H,20,23)(H,24,25). The number of anilines is 1. The van der Waals surface area contributed by atoms with Crippen molar-refractivity contribution in [2.24, 2.45) is 0 Å². The van der Waals surface area contributed by atoms with Crippen LogP contribution in [0.25, 0.3) is 0 Å². The molecule has 0 aliphatic rings. The number of nitrogens with one attached hydrogen (secondary N) is 1. The van der Waals surface area contributed by atoms with E-state index in [-0.39, 0.29) is 18.0 Å². The molecule has 0 bridgehead atoms. The van der Waals surface area contributed by atoms with Gasteiger partial charge >= 0.3 is 12.5 Å². The first kappa shape index (κ1) is 18.6. The van der Waals surface area contributed by atoms with Crippen molar-refractivity contribution < 1.29 is 23.5 Å². The zero-order chi connectivity index (χ0) is 18.7. The molecule has 1 heterocycles. The van der Waals surface area contributed by atoms with Gasteiger partial charge in [0.25, 0.3) is 0 Å². The molecule has 2 aromatic rings. The van der Waals surface area contributed by atoms with Gasteiger partial charge in [0.1, 0.15) is 0 Å². The minimum Gasteiger partial charge on any atom is -0.481 e. The third-order valence-electron chi connectivity index (χ3n) is 4.04. The van der Waals surface area contributed by atoms with Crippen LogP contribution in [0.5, 0.6) is 0 Å². The molecule has 134 valence electrons. The zero-order valence-corrected chi connectivity index (χ0v) is 14.1. The Morgan fingerprint density at radius 1 is 1.32 bits per heavy atom. The first-order chi connectivity index (χ1) is 11.7. The summed E-state index contributed by atoms with van der Waals surface area (Å²) < 4.78 is 26.3. The van der Waals surface area contributed by atoms with Crippen LogP contribution >= 0.6 is 0 Å². The Balaban J connectivity index is 2.14.